The number of nitrogens with zero attached hydrogens (tertiary/aromatic N) is 3. The van der Waals surface area contributed by atoms with Crippen molar-refractivity contribution in [2.45, 2.75) is 25.5 Å². The summed E-state index contributed by atoms with van der Waals surface area (Å²) in [4.78, 5) is 41.9. The molecule has 0 spiro atoms. The molecule has 9 nitrogen and oxygen atoms in total. The third-order valence-corrected chi connectivity index (χ3v) is 5.42. The van der Waals surface area contributed by atoms with E-state index in [-0.39, 0.29) is 29.4 Å². The standard InChI is InChI=1S/C20H20N4O5/c1-10(25)15-14-9-13(16(20(28)29)24(14)19(15)27)11-4-3-5-12(8-11)22-18(26)17-21-6-7-23(17)2/h3-8,10,14-15,25H,9H2,1-2H3,(H,22,26)(H,28,29)/t10-,14-,15-/m1/s1. The Labute approximate surface area is 166 Å². The number of hydrogen-bond acceptors (Lipinski definition) is 5. The summed E-state index contributed by atoms with van der Waals surface area (Å²) < 4.78 is 1.59. The Morgan fingerprint density at radius 2 is 2.10 bits per heavy atom. The predicted octanol–water partition coefficient (Wildman–Crippen LogP) is 1.08. The molecule has 2 amide bonds. The number of fused-ring (bicyclic) bond motifs is 1. The van der Waals surface area contributed by atoms with Gasteiger partial charge in [-0.25, -0.2) is 9.78 Å². The molecule has 0 bridgehead atoms. The molecule has 29 heavy (non-hydrogen) atoms. The van der Waals surface area contributed by atoms with Gasteiger partial charge in [-0.15, -0.1) is 0 Å². The minimum atomic E-state index is -1.19. The fourth-order valence-corrected chi connectivity index (χ4v) is 4.08. The van der Waals surface area contributed by atoms with E-state index in [1.807, 2.05) is 0 Å². The number of aromatic nitrogens is 2. The molecule has 1 aromatic carbocycles. The zero-order valence-electron chi connectivity index (χ0n) is 15.9. The highest BCUT2D eigenvalue weighted by Gasteiger charge is 2.56. The minimum absolute atomic E-state index is 0.0653. The average Bonchev–Trinajstić information content (AvgIpc) is 3.23. The number of rotatable bonds is 5. The largest absolute Gasteiger partial charge is 0.477 e. The van der Waals surface area contributed by atoms with Gasteiger partial charge in [-0.1, -0.05) is 12.1 Å². The van der Waals surface area contributed by atoms with Gasteiger partial charge >= 0.3 is 5.97 Å². The quantitative estimate of drug-likeness (QED) is 0.650. The van der Waals surface area contributed by atoms with Crippen LogP contribution in [0.3, 0.4) is 0 Å². The SMILES string of the molecule is C[C@@H](O)[C@H]1C(=O)N2C(C(=O)O)=C(c3cccc(NC(=O)c4nccn4C)c3)C[C@H]12. The van der Waals surface area contributed by atoms with E-state index in [4.69, 9.17) is 0 Å². The van der Waals surface area contributed by atoms with Crippen LogP contribution in [-0.2, 0) is 16.6 Å². The number of carboxylic acid groups (broad SMARTS) is 1. The highest BCUT2D eigenvalue weighted by molar-refractivity contribution is 6.06. The van der Waals surface area contributed by atoms with Crippen molar-refractivity contribution in [2.24, 2.45) is 13.0 Å². The number of hydrogen-bond donors (Lipinski definition) is 3. The Kier molecular flexibility index (Phi) is 4.46. The summed E-state index contributed by atoms with van der Waals surface area (Å²) in [5, 5.41) is 22.3. The number of aliphatic hydroxyl groups excluding tert-OH is 1. The second kappa shape index (κ2) is 6.85. The molecule has 3 N–H and O–H groups in total. The molecular formula is C20H20N4O5. The molecule has 150 valence electrons. The van der Waals surface area contributed by atoms with Gasteiger partial charge in [0.05, 0.1) is 18.1 Å². The van der Waals surface area contributed by atoms with Crippen molar-refractivity contribution in [1.29, 1.82) is 0 Å². The lowest BCUT2D eigenvalue weighted by atomic mass is 9.82. The number of β-lactam (4-membered cyclic amide) rings is 1. The van der Waals surface area contributed by atoms with E-state index >= 15 is 0 Å². The minimum Gasteiger partial charge on any atom is -0.477 e. The van der Waals surface area contributed by atoms with Gasteiger partial charge < -0.3 is 25.0 Å². The maximum absolute atomic E-state index is 12.4. The summed E-state index contributed by atoms with van der Waals surface area (Å²) in [5.41, 5.74) is 1.53. The van der Waals surface area contributed by atoms with Crippen molar-refractivity contribution >= 4 is 29.0 Å². The summed E-state index contributed by atoms with van der Waals surface area (Å²) in [6, 6.07) is 6.45. The molecule has 1 fully saturated rings. The summed E-state index contributed by atoms with van der Waals surface area (Å²) >= 11 is 0. The van der Waals surface area contributed by atoms with Crippen LogP contribution in [-0.4, -0.2) is 54.6 Å². The van der Waals surface area contributed by atoms with Crippen molar-refractivity contribution in [2.75, 3.05) is 5.32 Å². The molecule has 2 aliphatic rings. The van der Waals surface area contributed by atoms with E-state index in [0.717, 1.165) is 0 Å². The van der Waals surface area contributed by atoms with Gasteiger partial charge in [-0.2, -0.15) is 0 Å². The third kappa shape index (κ3) is 2.99. The Morgan fingerprint density at radius 3 is 2.72 bits per heavy atom. The zero-order chi connectivity index (χ0) is 20.9. The molecule has 4 rings (SSSR count). The molecule has 1 aromatic heterocycles. The van der Waals surface area contributed by atoms with Crippen LogP contribution >= 0.6 is 0 Å². The van der Waals surface area contributed by atoms with Gasteiger partial charge in [0.25, 0.3) is 5.91 Å². The van der Waals surface area contributed by atoms with Crippen molar-refractivity contribution < 1.29 is 24.6 Å². The number of carboxylic acids is 1. The number of amides is 2. The number of aryl methyl sites for hydroxylation is 1. The van der Waals surface area contributed by atoms with E-state index < -0.39 is 18.0 Å². The lowest BCUT2D eigenvalue weighted by molar-refractivity contribution is -0.161. The first-order chi connectivity index (χ1) is 13.8. The molecule has 0 radical (unpaired) electrons. The van der Waals surface area contributed by atoms with E-state index in [0.29, 0.717) is 23.2 Å². The zero-order valence-corrected chi connectivity index (χ0v) is 15.9. The van der Waals surface area contributed by atoms with Crippen molar-refractivity contribution in [1.82, 2.24) is 14.5 Å². The van der Waals surface area contributed by atoms with Crippen LogP contribution in [0.25, 0.3) is 5.57 Å². The smallest absolute Gasteiger partial charge is 0.352 e. The molecule has 0 unspecified atom stereocenters. The Balaban J connectivity index is 1.64. The van der Waals surface area contributed by atoms with Gasteiger partial charge in [-0.05, 0) is 36.6 Å². The number of anilines is 1. The van der Waals surface area contributed by atoms with Gasteiger partial charge in [0.1, 0.15) is 5.70 Å². The molecule has 3 heterocycles. The maximum atomic E-state index is 12.4. The van der Waals surface area contributed by atoms with E-state index in [1.165, 1.54) is 18.0 Å². The molecule has 9 heteroatoms. The van der Waals surface area contributed by atoms with E-state index in [2.05, 4.69) is 10.3 Å². The topological polar surface area (TPSA) is 125 Å². The van der Waals surface area contributed by atoms with Crippen molar-refractivity contribution in [3.05, 3.63) is 53.7 Å². The lowest BCUT2D eigenvalue weighted by Gasteiger charge is -2.44. The summed E-state index contributed by atoms with van der Waals surface area (Å²) in [7, 11) is 1.71. The van der Waals surface area contributed by atoms with Crippen LogP contribution in [0.2, 0.25) is 0 Å². The van der Waals surface area contributed by atoms with Crippen molar-refractivity contribution in [3.63, 3.8) is 0 Å². The highest BCUT2D eigenvalue weighted by atomic mass is 16.4. The number of carbonyl (C=O) groups excluding carboxylic acids is 2. The van der Waals surface area contributed by atoms with Crippen LogP contribution in [0.5, 0.6) is 0 Å². The van der Waals surface area contributed by atoms with E-state index in [1.54, 1.807) is 42.1 Å². The molecule has 0 saturated carbocycles. The average molecular weight is 396 g/mol. The highest BCUT2D eigenvalue weighted by Crippen LogP contribution is 2.47. The molecule has 3 atom stereocenters. The Morgan fingerprint density at radius 1 is 1.34 bits per heavy atom. The summed E-state index contributed by atoms with van der Waals surface area (Å²) in [6.45, 7) is 1.53. The van der Waals surface area contributed by atoms with Gasteiger partial charge in [0.2, 0.25) is 5.91 Å². The Hall–Kier alpha value is -3.46. The number of aliphatic hydroxyl groups is 1. The van der Waals surface area contributed by atoms with E-state index in [9.17, 15) is 24.6 Å². The molecule has 1 saturated heterocycles. The van der Waals surface area contributed by atoms with Gasteiger partial charge in [0, 0.05) is 25.1 Å². The molecular weight excluding hydrogens is 376 g/mol. The van der Waals surface area contributed by atoms with Crippen LogP contribution in [0.15, 0.2) is 42.4 Å². The molecule has 2 aromatic rings. The number of benzene rings is 1. The van der Waals surface area contributed by atoms with Crippen LogP contribution in [0, 0.1) is 5.92 Å². The summed E-state index contributed by atoms with van der Waals surface area (Å²) in [5.74, 6) is -2.31. The maximum Gasteiger partial charge on any atom is 0.352 e. The lowest BCUT2D eigenvalue weighted by Crippen LogP contribution is -2.61. The van der Waals surface area contributed by atoms with Crippen LogP contribution in [0.4, 0.5) is 5.69 Å². The first-order valence-corrected chi connectivity index (χ1v) is 9.16. The number of nitrogens with one attached hydrogen (secondary N) is 1. The van der Waals surface area contributed by atoms with Gasteiger partial charge in [0.15, 0.2) is 5.82 Å². The van der Waals surface area contributed by atoms with Crippen LogP contribution < -0.4 is 5.32 Å². The normalized spacial score (nSPS) is 21.6. The monoisotopic (exact) mass is 396 g/mol. The first-order valence-electron chi connectivity index (χ1n) is 9.16. The number of aliphatic carboxylic acids is 1. The molecule has 0 aliphatic carbocycles. The molecule has 2 aliphatic heterocycles. The number of imidazole rings is 1. The second-order valence-corrected chi connectivity index (χ2v) is 7.28. The second-order valence-electron chi connectivity index (χ2n) is 7.28. The summed E-state index contributed by atoms with van der Waals surface area (Å²) in [6.07, 6.45) is 2.67. The van der Waals surface area contributed by atoms with Crippen molar-refractivity contribution in [3.8, 4) is 0 Å². The first kappa shape index (κ1) is 18.9. The predicted molar refractivity (Wildman–Crippen MR) is 103 cm³/mol. The van der Waals surface area contributed by atoms with Gasteiger partial charge in [-0.3, -0.25) is 9.59 Å². The Bertz CT molecular complexity index is 1050. The third-order valence-electron chi connectivity index (χ3n) is 5.42. The number of carbonyl (C=O) groups is 3. The fourth-order valence-electron chi connectivity index (χ4n) is 4.08. The van der Waals surface area contributed by atoms with Crippen LogP contribution in [0.1, 0.15) is 29.5 Å². The fraction of sp³-hybridized carbons (Fsp3) is 0.300.